The van der Waals surface area contributed by atoms with Crippen LogP contribution < -0.4 is 10.6 Å². The van der Waals surface area contributed by atoms with Crippen LogP contribution in [0.5, 0.6) is 0 Å². The Hall–Kier alpha value is -2.82. The van der Waals surface area contributed by atoms with Crippen molar-refractivity contribution in [2.24, 2.45) is 0 Å². The Balaban J connectivity index is 1.81. The Morgan fingerprint density at radius 1 is 0.920 bits per heavy atom. The number of aliphatic carboxylic acids is 1. The van der Waals surface area contributed by atoms with Crippen molar-refractivity contribution in [3.8, 4) is 0 Å². The molecule has 0 aliphatic carbocycles. The fourth-order valence-corrected chi connectivity index (χ4v) is 2.57. The molecule has 0 heterocycles. The topological polar surface area (TPSA) is 78.4 Å². The Kier molecular flexibility index (Phi) is 7.01. The molecule has 3 N–H and O–H groups in total. The highest BCUT2D eigenvalue weighted by molar-refractivity contribution is 5.82. The highest BCUT2D eigenvalue weighted by Gasteiger charge is 2.21. The maximum absolute atomic E-state index is 12.1. The number of aryl methyl sites for hydroxylation is 1. The van der Waals surface area contributed by atoms with E-state index >= 15 is 0 Å². The Morgan fingerprint density at radius 2 is 1.48 bits per heavy atom. The Labute approximate surface area is 148 Å². The van der Waals surface area contributed by atoms with Crippen LogP contribution in [0.15, 0.2) is 60.7 Å². The van der Waals surface area contributed by atoms with Crippen LogP contribution in [0.1, 0.15) is 24.5 Å². The molecule has 2 atom stereocenters. The SMILES string of the molecule is C[C@@H](CCc1ccccc1)NC(=O)N[C@@H](Cc1ccccc1)C(=O)O. The normalized spacial score (nSPS) is 12.8. The summed E-state index contributed by atoms with van der Waals surface area (Å²) < 4.78 is 0. The van der Waals surface area contributed by atoms with E-state index in [4.69, 9.17) is 0 Å². The number of carboxylic acids is 1. The van der Waals surface area contributed by atoms with E-state index in [1.54, 1.807) is 0 Å². The van der Waals surface area contributed by atoms with Gasteiger partial charge in [-0.1, -0.05) is 60.7 Å². The van der Waals surface area contributed by atoms with Crippen molar-refractivity contribution in [2.75, 3.05) is 0 Å². The van der Waals surface area contributed by atoms with E-state index in [2.05, 4.69) is 10.6 Å². The van der Waals surface area contributed by atoms with Gasteiger partial charge in [-0.2, -0.15) is 0 Å². The average molecular weight is 340 g/mol. The Morgan fingerprint density at radius 3 is 2.04 bits per heavy atom. The van der Waals surface area contributed by atoms with Crippen molar-refractivity contribution in [3.05, 3.63) is 71.8 Å². The van der Waals surface area contributed by atoms with E-state index in [-0.39, 0.29) is 12.5 Å². The number of carbonyl (C=O) groups excluding carboxylic acids is 1. The number of carboxylic acid groups (broad SMARTS) is 1. The first-order valence-electron chi connectivity index (χ1n) is 8.42. The summed E-state index contributed by atoms with van der Waals surface area (Å²) in [4.78, 5) is 23.5. The molecule has 2 aromatic carbocycles. The van der Waals surface area contributed by atoms with Crippen molar-refractivity contribution >= 4 is 12.0 Å². The number of nitrogens with one attached hydrogen (secondary N) is 2. The summed E-state index contributed by atoms with van der Waals surface area (Å²) in [6, 6.07) is 17.8. The lowest BCUT2D eigenvalue weighted by Crippen LogP contribution is -2.49. The molecule has 5 nitrogen and oxygen atoms in total. The van der Waals surface area contributed by atoms with E-state index in [1.807, 2.05) is 67.6 Å². The van der Waals surface area contributed by atoms with Crippen molar-refractivity contribution in [2.45, 2.75) is 38.3 Å². The second-order valence-electron chi connectivity index (χ2n) is 6.12. The van der Waals surface area contributed by atoms with Crippen molar-refractivity contribution in [3.63, 3.8) is 0 Å². The molecule has 2 aromatic rings. The zero-order valence-electron chi connectivity index (χ0n) is 14.3. The molecule has 0 spiro atoms. The zero-order valence-corrected chi connectivity index (χ0v) is 14.3. The van der Waals surface area contributed by atoms with Gasteiger partial charge in [-0.15, -0.1) is 0 Å². The van der Waals surface area contributed by atoms with Gasteiger partial charge in [-0.05, 0) is 30.9 Å². The number of urea groups is 1. The minimum absolute atomic E-state index is 0.0497. The van der Waals surface area contributed by atoms with Crippen LogP contribution in [-0.2, 0) is 17.6 Å². The highest BCUT2D eigenvalue weighted by atomic mass is 16.4. The molecule has 25 heavy (non-hydrogen) atoms. The first-order chi connectivity index (χ1) is 12.0. The van der Waals surface area contributed by atoms with E-state index in [0.29, 0.717) is 0 Å². The van der Waals surface area contributed by atoms with Crippen LogP contribution in [0.25, 0.3) is 0 Å². The van der Waals surface area contributed by atoms with Gasteiger partial charge in [0.15, 0.2) is 0 Å². The fourth-order valence-electron chi connectivity index (χ4n) is 2.57. The molecule has 0 aliphatic rings. The van der Waals surface area contributed by atoms with E-state index in [9.17, 15) is 14.7 Å². The lowest BCUT2D eigenvalue weighted by molar-refractivity contribution is -0.139. The van der Waals surface area contributed by atoms with Crippen LogP contribution in [-0.4, -0.2) is 29.2 Å². The second-order valence-corrected chi connectivity index (χ2v) is 6.12. The van der Waals surface area contributed by atoms with Gasteiger partial charge in [-0.25, -0.2) is 9.59 Å². The van der Waals surface area contributed by atoms with E-state index in [1.165, 1.54) is 5.56 Å². The van der Waals surface area contributed by atoms with Gasteiger partial charge in [0.05, 0.1) is 0 Å². The van der Waals surface area contributed by atoms with E-state index in [0.717, 1.165) is 18.4 Å². The van der Waals surface area contributed by atoms with E-state index < -0.39 is 18.0 Å². The number of rotatable bonds is 8. The number of hydrogen-bond donors (Lipinski definition) is 3. The maximum atomic E-state index is 12.1. The van der Waals surface area contributed by atoms with Crippen LogP contribution >= 0.6 is 0 Å². The summed E-state index contributed by atoms with van der Waals surface area (Å²) in [7, 11) is 0. The quantitative estimate of drug-likeness (QED) is 0.691. The highest BCUT2D eigenvalue weighted by Crippen LogP contribution is 2.06. The minimum atomic E-state index is -1.05. The molecular formula is C20H24N2O3. The molecule has 0 aliphatic heterocycles. The number of carbonyl (C=O) groups is 2. The smallest absolute Gasteiger partial charge is 0.326 e. The number of amides is 2. The summed E-state index contributed by atoms with van der Waals surface area (Å²) in [5.41, 5.74) is 2.08. The fraction of sp³-hybridized carbons (Fsp3) is 0.300. The summed E-state index contributed by atoms with van der Waals surface area (Å²) in [5.74, 6) is -1.05. The molecule has 0 radical (unpaired) electrons. The summed E-state index contributed by atoms with van der Waals surface area (Å²) in [5, 5.41) is 14.7. The molecule has 2 rings (SSSR count). The lowest BCUT2D eigenvalue weighted by Gasteiger charge is -2.18. The predicted octanol–water partition coefficient (Wildman–Crippen LogP) is 3.00. The molecular weight excluding hydrogens is 316 g/mol. The lowest BCUT2D eigenvalue weighted by atomic mass is 10.1. The number of hydrogen-bond acceptors (Lipinski definition) is 2. The molecule has 5 heteroatoms. The zero-order chi connectivity index (χ0) is 18.1. The minimum Gasteiger partial charge on any atom is -0.480 e. The van der Waals surface area contributed by atoms with Gasteiger partial charge in [0.2, 0.25) is 0 Å². The van der Waals surface area contributed by atoms with Gasteiger partial charge in [0, 0.05) is 12.5 Å². The molecule has 0 bridgehead atoms. The standard InChI is InChI=1S/C20H24N2O3/c1-15(12-13-16-8-4-2-5-9-16)21-20(25)22-18(19(23)24)14-17-10-6-3-7-11-17/h2-11,15,18H,12-14H2,1H3,(H,23,24)(H2,21,22,25)/t15-,18-/m0/s1. The third-order valence-electron chi connectivity index (χ3n) is 3.97. The number of benzene rings is 2. The summed E-state index contributed by atoms with van der Waals surface area (Å²) in [6.45, 7) is 1.91. The van der Waals surface area contributed by atoms with Crippen molar-refractivity contribution in [1.82, 2.24) is 10.6 Å². The van der Waals surface area contributed by atoms with Crippen LogP contribution in [0.3, 0.4) is 0 Å². The molecule has 0 aromatic heterocycles. The van der Waals surface area contributed by atoms with Crippen LogP contribution in [0.4, 0.5) is 4.79 Å². The summed E-state index contributed by atoms with van der Waals surface area (Å²) in [6.07, 6.45) is 1.89. The third kappa shape index (κ3) is 6.67. The largest absolute Gasteiger partial charge is 0.480 e. The monoisotopic (exact) mass is 340 g/mol. The predicted molar refractivity (Wildman–Crippen MR) is 97.5 cm³/mol. The van der Waals surface area contributed by atoms with Crippen molar-refractivity contribution < 1.29 is 14.7 Å². The third-order valence-corrected chi connectivity index (χ3v) is 3.97. The van der Waals surface area contributed by atoms with Gasteiger partial charge in [-0.3, -0.25) is 0 Å². The maximum Gasteiger partial charge on any atom is 0.326 e. The molecule has 2 amide bonds. The molecule has 0 saturated carbocycles. The Bertz CT molecular complexity index is 674. The van der Waals surface area contributed by atoms with Crippen LogP contribution in [0, 0.1) is 0 Å². The molecule has 132 valence electrons. The molecule has 0 fully saturated rings. The van der Waals surface area contributed by atoms with Crippen LogP contribution in [0.2, 0.25) is 0 Å². The van der Waals surface area contributed by atoms with Gasteiger partial charge >= 0.3 is 12.0 Å². The average Bonchev–Trinajstić information content (AvgIpc) is 2.61. The van der Waals surface area contributed by atoms with Crippen molar-refractivity contribution in [1.29, 1.82) is 0 Å². The second kappa shape index (κ2) is 9.47. The molecule has 0 saturated heterocycles. The molecule has 0 unspecified atom stereocenters. The first-order valence-corrected chi connectivity index (χ1v) is 8.42. The van der Waals surface area contributed by atoms with Gasteiger partial charge in [0.1, 0.15) is 6.04 Å². The summed E-state index contributed by atoms with van der Waals surface area (Å²) >= 11 is 0. The van der Waals surface area contributed by atoms with Gasteiger partial charge < -0.3 is 15.7 Å². The first kappa shape index (κ1) is 18.5. The van der Waals surface area contributed by atoms with Gasteiger partial charge in [0.25, 0.3) is 0 Å².